The Hall–Kier alpha value is -3.53. The van der Waals surface area contributed by atoms with Crippen LogP contribution in [0.15, 0.2) is 85.1 Å². The number of allylic oxidation sites excluding steroid dienone is 14. The third kappa shape index (κ3) is 66.0. The molecule has 0 aromatic heterocycles. The highest BCUT2D eigenvalue weighted by atomic mass is 16.7. The quantitative estimate of drug-likeness (QED) is 0.0211. The summed E-state index contributed by atoms with van der Waals surface area (Å²) >= 11 is 0. The molecule has 0 aromatic carbocycles. The van der Waals surface area contributed by atoms with Crippen LogP contribution in [0.2, 0.25) is 0 Å². The summed E-state index contributed by atoms with van der Waals surface area (Å²) < 4.78 is 22.9. The second-order valence-electron chi connectivity index (χ2n) is 24.8. The molecule has 486 valence electrons. The molecule has 0 bridgehead atoms. The topological polar surface area (TPSA) is 108 Å². The van der Waals surface area contributed by atoms with Crippen molar-refractivity contribution in [1.29, 1.82) is 0 Å². The zero-order valence-corrected chi connectivity index (χ0v) is 55.6. The highest BCUT2D eigenvalue weighted by Gasteiger charge is 2.25. The molecule has 1 N–H and O–H groups in total. The van der Waals surface area contributed by atoms with E-state index in [1.165, 1.54) is 212 Å². The smallest absolute Gasteiger partial charge is 0.361 e. The number of rotatable bonds is 65. The largest absolute Gasteiger partial charge is 0.477 e. The van der Waals surface area contributed by atoms with Gasteiger partial charge < -0.3 is 28.5 Å². The summed E-state index contributed by atoms with van der Waals surface area (Å²) in [6.45, 7) is 4.73. The maximum atomic E-state index is 12.9. The van der Waals surface area contributed by atoms with Crippen molar-refractivity contribution in [3.05, 3.63) is 85.1 Å². The second kappa shape index (κ2) is 65.4. The lowest BCUT2D eigenvalue weighted by molar-refractivity contribution is -0.870. The average Bonchev–Trinajstić information content (AvgIpc) is 3.51. The Labute approximate surface area is 519 Å². The van der Waals surface area contributed by atoms with Crippen LogP contribution in [0.4, 0.5) is 0 Å². The van der Waals surface area contributed by atoms with Crippen molar-refractivity contribution >= 4 is 17.9 Å². The molecule has 0 heterocycles. The third-order valence-corrected chi connectivity index (χ3v) is 15.4. The monoisotopic (exact) mass is 1180 g/mol. The molecule has 0 aliphatic carbocycles. The van der Waals surface area contributed by atoms with Gasteiger partial charge in [0.2, 0.25) is 0 Å². The van der Waals surface area contributed by atoms with Crippen LogP contribution in [0.3, 0.4) is 0 Å². The lowest BCUT2D eigenvalue weighted by Crippen LogP contribution is -2.40. The summed E-state index contributed by atoms with van der Waals surface area (Å²) in [5, 5.41) is 9.73. The number of aliphatic carboxylic acids is 1. The van der Waals surface area contributed by atoms with E-state index in [1.54, 1.807) is 0 Å². The summed E-state index contributed by atoms with van der Waals surface area (Å²) in [6.07, 6.45) is 85.9. The van der Waals surface area contributed by atoms with Crippen LogP contribution in [0.5, 0.6) is 0 Å². The van der Waals surface area contributed by atoms with Crippen LogP contribution >= 0.6 is 0 Å². The Morgan fingerprint density at radius 3 is 1.00 bits per heavy atom. The molecule has 0 saturated heterocycles. The minimum absolute atomic E-state index is 0.174. The minimum atomic E-state index is -1.53. The van der Waals surface area contributed by atoms with Crippen LogP contribution in [-0.2, 0) is 33.3 Å². The van der Waals surface area contributed by atoms with E-state index in [1.807, 2.05) is 21.1 Å². The third-order valence-electron chi connectivity index (χ3n) is 15.4. The van der Waals surface area contributed by atoms with Crippen LogP contribution in [0.25, 0.3) is 0 Å². The molecule has 9 heteroatoms. The second-order valence-corrected chi connectivity index (χ2v) is 24.8. The van der Waals surface area contributed by atoms with Gasteiger partial charge in [-0.3, -0.25) is 9.59 Å². The van der Waals surface area contributed by atoms with Crippen molar-refractivity contribution in [2.24, 2.45) is 0 Å². The lowest BCUT2D eigenvalue weighted by Gasteiger charge is -2.25. The maximum Gasteiger partial charge on any atom is 0.361 e. The molecule has 0 amide bonds. The molecule has 0 aromatic rings. The first-order chi connectivity index (χ1) is 41.1. The predicted octanol–water partition coefficient (Wildman–Crippen LogP) is 21.9. The molecule has 2 atom stereocenters. The minimum Gasteiger partial charge on any atom is -0.477 e. The molecule has 84 heavy (non-hydrogen) atoms. The van der Waals surface area contributed by atoms with E-state index in [9.17, 15) is 19.5 Å². The van der Waals surface area contributed by atoms with Gasteiger partial charge in [0.25, 0.3) is 6.29 Å². The lowest BCUT2D eigenvalue weighted by atomic mass is 10.0. The van der Waals surface area contributed by atoms with Crippen LogP contribution < -0.4 is 0 Å². The van der Waals surface area contributed by atoms with Crippen LogP contribution in [0, 0.1) is 0 Å². The predicted molar refractivity (Wildman–Crippen MR) is 359 cm³/mol. The molecule has 0 fully saturated rings. The molecule has 0 radical (unpaired) electrons. The fourth-order valence-corrected chi connectivity index (χ4v) is 10.1. The summed E-state index contributed by atoms with van der Waals surface area (Å²) in [5.74, 6) is -2.08. The van der Waals surface area contributed by atoms with Gasteiger partial charge in [-0.05, 0) is 64.2 Å². The van der Waals surface area contributed by atoms with E-state index in [-0.39, 0.29) is 38.6 Å². The number of ether oxygens (including phenoxy) is 4. The first kappa shape index (κ1) is 80.5. The summed E-state index contributed by atoms with van der Waals surface area (Å²) in [5.41, 5.74) is 0. The Kier molecular flexibility index (Phi) is 62.7. The SMILES string of the molecule is CC/C=C\C/C=C\C/C=C\C/C=C\C/C=C\C/C=C\C/C=C\CCCC(=O)OC(COC(=O)CCCCCCCCCCCCCCCCCCCCCCCCCCCCCCCCCCCCCC)COC(OCC[N+](C)(C)C)C(=O)O. The van der Waals surface area contributed by atoms with Crippen molar-refractivity contribution in [2.45, 2.75) is 328 Å². The summed E-state index contributed by atoms with van der Waals surface area (Å²) in [7, 11) is 5.96. The van der Waals surface area contributed by atoms with Crippen molar-refractivity contribution < 1.29 is 42.9 Å². The zero-order chi connectivity index (χ0) is 61.2. The van der Waals surface area contributed by atoms with Gasteiger partial charge in [-0.1, -0.05) is 324 Å². The molecule has 0 aliphatic rings. The fourth-order valence-electron chi connectivity index (χ4n) is 10.1. The number of quaternary nitrogens is 1. The summed E-state index contributed by atoms with van der Waals surface area (Å²) in [6, 6.07) is 0. The van der Waals surface area contributed by atoms with Gasteiger partial charge in [0.05, 0.1) is 34.4 Å². The number of hydrogen-bond donors (Lipinski definition) is 1. The average molecular weight is 1180 g/mol. The van der Waals surface area contributed by atoms with E-state index >= 15 is 0 Å². The van der Waals surface area contributed by atoms with E-state index in [0.717, 1.165) is 70.6 Å². The molecule has 0 aliphatic heterocycles. The van der Waals surface area contributed by atoms with Gasteiger partial charge in [-0.15, -0.1) is 0 Å². The van der Waals surface area contributed by atoms with Crippen molar-refractivity contribution in [1.82, 2.24) is 0 Å². The van der Waals surface area contributed by atoms with Crippen LogP contribution in [0.1, 0.15) is 316 Å². The van der Waals surface area contributed by atoms with E-state index in [2.05, 4.69) is 98.9 Å². The molecule has 0 rings (SSSR count). The number of carbonyl (C=O) groups is 3. The van der Waals surface area contributed by atoms with Crippen molar-refractivity contribution in [3.63, 3.8) is 0 Å². The number of esters is 2. The zero-order valence-electron chi connectivity index (χ0n) is 55.6. The molecular weight excluding hydrogens is 1040 g/mol. The Morgan fingerprint density at radius 2 is 0.679 bits per heavy atom. The number of carbonyl (C=O) groups excluding carboxylic acids is 2. The summed E-state index contributed by atoms with van der Waals surface area (Å²) in [4.78, 5) is 37.5. The van der Waals surface area contributed by atoms with Gasteiger partial charge in [-0.2, -0.15) is 0 Å². The van der Waals surface area contributed by atoms with E-state index in [4.69, 9.17) is 18.9 Å². The van der Waals surface area contributed by atoms with Gasteiger partial charge in [0.15, 0.2) is 6.10 Å². The fraction of sp³-hybridized carbons (Fsp3) is 0.773. The van der Waals surface area contributed by atoms with Gasteiger partial charge in [0, 0.05) is 12.8 Å². The number of carboxylic acid groups (broad SMARTS) is 1. The highest BCUT2D eigenvalue weighted by Crippen LogP contribution is 2.18. The molecule has 9 nitrogen and oxygen atoms in total. The highest BCUT2D eigenvalue weighted by molar-refractivity contribution is 5.71. The van der Waals surface area contributed by atoms with Gasteiger partial charge >= 0.3 is 17.9 Å². The first-order valence-corrected chi connectivity index (χ1v) is 35.3. The van der Waals surface area contributed by atoms with Crippen molar-refractivity contribution in [2.75, 3.05) is 47.5 Å². The van der Waals surface area contributed by atoms with Crippen molar-refractivity contribution in [3.8, 4) is 0 Å². The Balaban J connectivity index is 4.09. The molecular formula is C75H134NO8+. The maximum absolute atomic E-state index is 12.9. The van der Waals surface area contributed by atoms with Gasteiger partial charge in [0.1, 0.15) is 13.2 Å². The number of likely N-dealkylation sites (N-methyl/N-ethyl adjacent to an activating group) is 1. The Morgan fingerprint density at radius 1 is 0.369 bits per heavy atom. The number of hydrogen-bond acceptors (Lipinski definition) is 7. The Bertz CT molecular complexity index is 1650. The number of unbranched alkanes of at least 4 members (excludes halogenated alkanes) is 36. The van der Waals surface area contributed by atoms with Crippen LogP contribution in [-0.4, -0.2) is 87.4 Å². The number of nitrogens with zero attached hydrogens (tertiary/aromatic N) is 1. The number of carboxylic acids is 1. The first-order valence-electron chi connectivity index (χ1n) is 35.3. The van der Waals surface area contributed by atoms with Gasteiger partial charge in [-0.25, -0.2) is 4.79 Å². The normalized spacial score (nSPS) is 13.2. The molecule has 0 saturated carbocycles. The van der Waals surface area contributed by atoms with E-state index < -0.39 is 24.3 Å². The molecule has 0 spiro atoms. The molecule has 2 unspecified atom stereocenters. The standard InChI is InChI=1S/C75H133NO8/c1-6-8-10-12-14-16-18-20-22-24-26-28-30-31-32-33-34-35-36-37-38-39-40-41-42-44-45-47-49-51-53-55-57-59-61-63-65-72(77)82-69-71(70-83-75(74(79)80)81-68-67-76(3,4)5)84-73(78)66-64-62-60-58-56-54-52-50-48-46-43-29-27-25-23-21-19-17-15-13-11-9-7-2/h9,11,15,17,21,23,27,29,46,48,52,54,58,60,71,75H,6-8,10,12-14,16,18-20,22,24-26,28,30-45,47,49-51,53,55-57,59,61-70H2,1-5H3/p+1/b11-9-,17-15-,23-21-,29-27-,48-46-,54-52-,60-58-. The van der Waals surface area contributed by atoms with E-state index in [0.29, 0.717) is 17.4 Å².